The van der Waals surface area contributed by atoms with Crippen LogP contribution < -0.4 is 0 Å². The Morgan fingerprint density at radius 2 is 0.729 bits per heavy atom. The van der Waals surface area contributed by atoms with Crippen LogP contribution in [0.3, 0.4) is 0 Å². The SMILES string of the molecule is Cc1cc(-c2ccccc2)c2ccc3ccc(-c4ccc(-c5ccc6ccc7c(-c8ccccc8)cc(C)nc7c6n5)cc4)nc3c2n1. The smallest absolute Gasteiger partial charge is 0.0974 e. The van der Waals surface area contributed by atoms with Gasteiger partial charge in [0.15, 0.2) is 0 Å². The van der Waals surface area contributed by atoms with Gasteiger partial charge < -0.3 is 0 Å². The van der Waals surface area contributed by atoms with Gasteiger partial charge in [-0.1, -0.05) is 121 Å². The van der Waals surface area contributed by atoms with Crippen molar-refractivity contribution in [1.82, 2.24) is 19.9 Å². The Kier molecular flexibility index (Phi) is 6.54. The molecule has 5 aromatic carbocycles. The zero-order chi connectivity index (χ0) is 32.2. The summed E-state index contributed by atoms with van der Waals surface area (Å²) in [6, 6.07) is 51.0. The van der Waals surface area contributed by atoms with E-state index in [9.17, 15) is 0 Å². The molecular weight excluding hydrogens is 585 g/mol. The van der Waals surface area contributed by atoms with Gasteiger partial charge in [-0.2, -0.15) is 0 Å². The molecule has 0 aliphatic rings. The number of rotatable bonds is 4. The van der Waals surface area contributed by atoms with Crippen molar-refractivity contribution >= 4 is 43.6 Å². The van der Waals surface area contributed by atoms with Gasteiger partial charge in [-0.25, -0.2) is 9.97 Å². The van der Waals surface area contributed by atoms with E-state index in [-0.39, 0.29) is 0 Å². The number of aromatic nitrogens is 4. The first-order valence-corrected chi connectivity index (χ1v) is 16.2. The monoisotopic (exact) mass is 614 g/mol. The van der Waals surface area contributed by atoms with Gasteiger partial charge in [0, 0.05) is 44.1 Å². The second-order valence-electron chi connectivity index (χ2n) is 12.4. The maximum absolute atomic E-state index is 5.18. The van der Waals surface area contributed by atoms with E-state index in [1.54, 1.807) is 0 Å². The van der Waals surface area contributed by atoms with Crippen LogP contribution in [0.15, 0.2) is 146 Å². The number of fused-ring (bicyclic) bond motifs is 6. The Morgan fingerprint density at radius 3 is 1.15 bits per heavy atom. The summed E-state index contributed by atoms with van der Waals surface area (Å²) >= 11 is 0. The molecule has 0 saturated heterocycles. The third kappa shape index (κ3) is 4.78. The van der Waals surface area contributed by atoms with Gasteiger partial charge in [-0.3, -0.25) is 9.97 Å². The lowest BCUT2D eigenvalue weighted by Gasteiger charge is -2.12. The van der Waals surface area contributed by atoms with Gasteiger partial charge in [0.2, 0.25) is 0 Å². The standard InChI is InChI=1S/C44H30N4/c1-27-25-37(29-9-5-3-6-10-29)35-21-17-33-19-23-39(47-41(33)43(35)45-27)31-13-15-32(16-14-31)40-24-20-34-18-22-36-38(30-11-7-4-8-12-30)26-28(2)46-44(36)42(34)48-40/h3-26H,1-2H3. The second-order valence-corrected chi connectivity index (χ2v) is 12.4. The van der Waals surface area contributed by atoms with Crippen LogP contribution in [0.5, 0.6) is 0 Å². The highest BCUT2D eigenvalue weighted by Gasteiger charge is 2.14. The lowest BCUT2D eigenvalue weighted by Crippen LogP contribution is -1.93. The molecule has 9 aromatic rings. The number of hydrogen-bond acceptors (Lipinski definition) is 4. The van der Waals surface area contributed by atoms with Crippen molar-refractivity contribution in [2.75, 3.05) is 0 Å². The van der Waals surface area contributed by atoms with Crippen LogP contribution in [-0.2, 0) is 0 Å². The van der Waals surface area contributed by atoms with E-state index >= 15 is 0 Å². The average Bonchev–Trinajstić information content (AvgIpc) is 3.14. The van der Waals surface area contributed by atoms with Gasteiger partial charge in [-0.05, 0) is 60.4 Å². The van der Waals surface area contributed by atoms with Gasteiger partial charge >= 0.3 is 0 Å². The minimum atomic E-state index is 0.913. The summed E-state index contributed by atoms with van der Waals surface area (Å²) in [4.78, 5) is 20.3. The van der Waals surface area contributed by atoms with Gasteiger partial charge in [0.1, 0.15) is 0 Å². The first-order valence-electron chi connectivity index (χ1n) is 16.2. The molecule has 0 radical (unpaired) electrons. The minimum Gasteiger partial charge on any atom is -0.251 e. The molecule has 0 N–H and O–H groups in total. The van der Waals surface area contributed by atoms with Crippen LogP contribution in [0.1, 0.15) is 11.4 Å². The van der Waals surface area contributed by atoms with E-state index in [2.05, 4.69) is 147 Å². The molecule has 0 amide bonds. The topological polar surface area (TPSA) is 51.6 Å². The van der Waals surface area contributed by atoms with Crippen molar-refractivity contribution in [3.8, 4) is 44.8 Å². The zero-order valence-electron chi connectivity index (χ0n) is 26.6. The van der Waals surface area contributed by atoms with E-state index in [0.717, 1.165) is 77.5 Å². The van der Waals surface area contributed by atoms with E-state index < -0.39 is 0 Å². The Morgan fingerprint density at radius 1 is 0.333 bits per heavy atom. The van der Waals surface area contributed by atoms with Gasteiger partial charge in [0.25, 0.3) is 0 Å². The molecule has 4 heteroatoms. The fourth-order valence-corrected chi connectivity index (χ4v) is 6.85. The number of pyridine rings is 4. The fourth-order valence-electron chi connectivity index (χ4n) is 6.85. The molecule has 0 atom stereocenters. The van der Waals surface area contributed by atoms with Crippen LogP contribution in [0, 0.1) is 13.8 Å². The molecule has 0 aliphatic carbocycles. The molecule has 4 heterocycles. The molecule has 0 saturated carbocycles. The quantitative estimate of drug-likeness (QED) is 0.185. The van der Waals surface area contributed by atoms with Crippen LogP contribution in [0.2, 0.25) is 0 Å². The largest absolute Gasteiger partial charge is 0.251 e. The third-order valence-electron chi connectivity index (χ3n) is 9.18. The van der Waals surface area contributed by atoms with Crippen LogP contribution in [0.25, 0.3) is 88.4 Å². The van der Waals surface area contributed by atoms with E-state index in [0.29, 0.717) is 0 Å². The molecule has 0 spiro atoms. The van der Waals surface area contributed by atoms with Crippen LogP contribution in [-0.4, -0.2) is 19.9 Å². The summed E-state index contributed by atoms with van der Waals surface area (Å²) in [5.41, 5.74) is 14.3. The molecule has 0 unspecified atom stereocenters. The van der Waals surface area contributed by atoms with Crippen molar-refractivity contribution in [1.29, 1.82) is 0 Å². The normalized spacial score (nSPS) is 11.5. The highest BCUT2D eigenvalue weighted by atomic mass is 14.8. The Bertz CT molecular complexity index is 2480. The maximum Gasteiger partial charge on any atom is 0.0974 e. The predicted molar refractivity (Wildman–Crippen MR) is 199 cm³/mol. The van der Waals surface area contributed by atoms with Crippen molar-refractivity contribution in [2.24, 2.45) is 0 Å². The Labute approximate surface area is 278 Å². The fraction of sp³-hybridized carbons (Fsp3) is 0.0455. The molecule has 9 rings (SSSR count). The lowest BCUT2D eigenvalue weighted by molar-refractivity contribution is 1.25. The first-order chi connectivity index (χ1) is 23.6. The molecule has 226 valence electrons. The summed E-state index contributed by atoms with van der Waals surface area (Å²) in [6.45, 7) is 4.10. The van der Waals surface area contributed by atoms with Crippen molar-refractivity contribution in [3.05, 3.63) is 157 Å². The predicted octanol–water partition coefficient (Wildman–Crippen LogP) is 11.2. The molecule has 48 heavy (non-hydrogen) atoms. The third-order valence-corrected chi connectivity index (χ3v) is 9.18. The summed E-state index contributed by atoms with van der Waals surface area (Å²) < 4.78 is 0. The van der Waals surface area contributed by atoms with Crippen molar-refractivity contribution in [2.45, 2.75) is 13.8 Å². The van der Waals surface area contributed by atoms with Crippen molar-refractivity contribution < 1.29 is 0 Å². The second kappa shape index (κ2) is 11.2. The van der Waals surface area contributed by atoms with E-state index in [1.807, 2.05) is 12.1 Å². The van der Waals surface area contributed by atoms with Crippen molar-refractivity contribution in [3.63, 3.8) is 0 Å². The molecule has 0 aliphatic heterocycles. The highest BCUT2D eigenvalue weighted by Crippen LogP contribution is 2.35. The summed E-state index contributed by atoms with van der Waals surface area (Å²) in [5.74, 6) is 0. The van der Waals surface area contributed by atoms with Gasteiger partial charge in [-0.15, -0.1) is 0 Å². The van der Waals surface area contributed by atoms with E-state index in [4.69, 9.17) is 19.9 Å². The zero-order valence-corrected chi connectivity index (χ0v) is 26.6. The highest BCUT2D eigenvalue weighted by molar-refractivity contribution is 6.10. The molecular formula is C44H30N4. The number of benzene rings is 5. The molecule has 0 bridgehead atoms. The van der Waals surface area contributed by atoms with Crippen LogP contribution >= 0.6 is 0 Å². The molecule has 4 aromatic heterocycles. The van der Waals surface area contributed by atoms with Crippen LogP contribution in [0.4, 0.5) is 0 Å². The maximum atomic E-state index is 5.18. The first kappa shape index (κ1) is 28.0. The number of nitrogens with zero attached hydrogens (tertiary/aromatic N) is 4. The molecule has 0 fully saturated rings. The Hall–Kier alpha value is -6.26. The molecule has 4 nitrogen and oxygen atoms in total. The minimum absolute atomic E-state index is 0.913. The number of hydrogen-bond donors (Lipinski definition) is 0. The summed E-state index contributed by atoms with van der Waals surface area (Å²) in [7, 11) is 0. The Balaban J connectivity index is 1.12. The van der Waals surface area contributed by atoms with Gasteiger partial charge in [0.05, 0.1) is 33.5 Å². The number of aryl methyl sites for hydroxylation is 2. The lowest BCUT2D eigenvalue weighted by atomic mass is 9.98. The average molecular weight is 615 g/mol. The summed E-state index contributed by atoms with van der Waals surface area (Å²) in [6.07, 6.45) is 0. The van der Waals surface area contributed by atoms with E-state index in [1.165, 1.54) is 22.3 Å². The summed E-state index contributed by atoms with van der Waals surface area (Å²) in [5, 5.41) is 4.36.